The molecule has 0 aromatic heterocycles. The first-order chi connectivity index (χ1) is 14.4. The lowest BCUT2D eigenvalue weighted by atomic mass is 10.2. The van der Waals surface area contributed by atoms with Crippen molar-refractivity contribution >= 4 is 21.6 Å². The highest BCUT2D eigenvalue weighted by Crippen LogP contribution is 2.21. The van der Waals surface area contributed by atoms with Crippen LogP contribution in [0.5, 0.6) is 5.75 Å². The van der Waals surface area contributed by atoms with Gasteiger partial charge in [-0.1, -0.05) is 4.47 Å². The van der Waals surface area contributed by atoms with Crippen LogP contribution in [0.4, 0.5) is 5.69 Å². The van der Waals surface area contributed by atoms with Crippen molar-refractivity contribution in [2.24, 2.45) is 0 Å². The molecule has 0 saturated carbocycles. The third kappa shape index (κ3) is 4.75. The summed E-state index contributed by atoms with van der Waals surface area (Å²) in [7, 11) is 0.508. The first-order valence-corrected chi connectivity index (χ1v) is 11.1. The average molecular weight is 434 g/mol. The fourth-order valence-electron chi connectivity index (χ4n) is 3.37. The molecule has 0 bridgehead atoms. The zero-order chi connectivity index (χ0) is 21.7. The third-order valence-electron chi connectivity index (χ3n) is 5.22. The third-order valence-corrected chi connectivity index (χ3v) is 6.91. The average Bonchev–Trinajstić information content (AvgIpc) is 3.04. The predicted molar refractivity (Wildman–Crippen MR) is 114 cm³/mol. The zero-order valence-electron chi connectivity index (χ0n) is 17.4. The van der Waals surface area contributed by atoms with Crippen LogP contribution in [0.2, 0.25) is 0 Å². The number of hydroxylamine groups is 1. The molecule has 0 atom stereocenters. The molecule has 1 saturated heterocycles. The van der Waals surface area contributed by atoms with Crippen molar-refractivity contribution in [3.8, 4) is 5.75 Å². The summed E-state index contributed by atoms with van der Waals surface area (Å²) in [5.74, 6) is 0.711. The molecule has 1 fully saturated rings. The van der Waals surface area contributed by atoms with Crippen molar-refractivity contribution < 1.29 is 22.8 Å². The Labute approximate surface area is 177 Å². The van der Waals surface area contributed by atoms with Gasteiger partial charge in [-0.25, -0.2) is 8.42 Å². The number of carbonyl (C=O) groups excluding carboxylic acids is 1. The Morgan fingerprint density at radius 3 is 2.20 bits per heavy atom. The molecule has 2 aromatic rings. The van der Waals surface area contributed by atoms with Crippen LogP contribution in [0, 0.1) is 0 Å². The Bertz CT molecular complexity index is 961. The van der Waals surface area contributed by atoms with E-state index in [0.29, 0.717) is 18.7 Å². The van der Waals surface area contributed by atoms with Crippen LogP contribution in [0.15, 0.2) is 53.4 Å². The molecule has 9 heteroatoms. The van der Waals surface area contributed by atoms with Gasteiger partial charge in [-0.3, -0.25) is 9.63 Å². The van der Waals surface area contributed by atoms with E-state index in [1.54, 1.807) is 19.2 Å². The van der Waals surface area contributed by atoms with E-state index in [1.165, 1.54) is 26.3 Å². The maximum absolute atomic E-state index is 12.9. The van der Waals surface area contributed by atoms with E-state index in [-0.39, 0.29) is 10.8 Å². The van der Waals surface area contributed by atoms with Crippen molar-refractivity contribution in [2.75, 3.05) is 52.3 Å². The molecule has 1 amide bonds. The van der Waals surface area contributed by atoms with Gasteiger partial charge in [0, 0.05) is 44.5 Å². The van der Waals surface area contributed by atoms with Crippen LogP contribution in [0.3, 0.4) is 0 Å². The predicted octanol–water partition coefficient (Wildman–Crippen LogP) is 2.23. The van der Waals surface area contributed by atoms with Gasteiger partial charge in [0.25, 0.3) is 15.9 Å². The second-order valence-corrected chi connectivity index (χ2v) is 8.89. The first-order valence-electron chi connectivity index (χ1n) is 9.68. The van der Waals surface area contributed by atoms with Gasteiger partial charge in [0.2, 0.25) is 0 Å². The first kappa shape index (κ1) is 22.1. The minimum Gasteiger partial charge on any atom is -0.497 e. The summed E-state index contributed by atoms with van der Waals surface area (Å²) in [4.78, 5) is 21.9. The van der Waals surface area contributed by atoms with E-state index in [1.807, 2.05) is 29.2 Å². The second-order valence-electron chi connectivity index (χ2n) is 6.95. The molecule has 1 aliphatic rings. The number of hydrogen-bond acceptors (Lipinski definition) is 6. The number of ether oxygens (including phenoxy) is 1. The SMILES string of the molecule is COc1ccc(N2CCCN(C(=O)c3ccc(S(=O)(=O)N(C)OC)cc3)CC2)cc1. The smallest absolute Gasteiger partial charge is 0.264 e. The highest BCUT2D eigenvalue weighted by atomic mass is 32.2. The summed E-state index contributed by atoms with van der Waals surface area (Å²) >= 11 is 0. The molecule has 1 aliphatic heterocycles. The number of nitrogens with zero attached hydrogens (tertiary/aromatic N) is 3. The van der Waals surface area contributed by atoms with E-state index in [2.05, 4.69) is 4.90 Å². The Morgan fingerprint density at radius 1 is 0.933 bits per heavy atom. The summed E-state index contributed by atoms with van der Waals surface area (Å²) in [6.45, 7) is 2.83. The maximum atomic E-state index is 12.9. The molecular formula is C21H27N3O5S. The minimum absolute atomic E-state index is 0.0740. The van der Waals surface area contributed by atoms with Gasteiger partial charge in [0.15, 0.2) is 0 Å². The van der Waals surface area contributed by atoms with Crippen LogP contribution in [-0.4, -0.2) is 71.1 Å². The standard InChI is InChI=1S/C21H27N3O5S/c1-22(29-3)30(26,27)20-11-5-17(6-12-20)21(25)24-14-4-13-23(15-16-24)18-7-9-19(28-2)10-8-18/h5-12H,4,13-16H2,1-3H3. The number of methoxy groups -OCH3 is 1. The molecule has 30 heavy (non-hydrogen) atoms. The monoisotopic (exact) mass is 433 g/mol. The van der Waals surface area contributed by atoms with E-state index in [9.17, 15) is 13.2 Å². The van der Waals surface area contributed by atoms with Gasteiger partial charge in [-0.05, 0) is 55.0 Å². The summed E-state index contributed by atoms with van der Waals surface area (Å²) in [5.41, 5.74) is 1.56. The van der Waals surface area contributed by atoms with Crippen molar-refractivity contribution in [3.63, 3.8) is 0 Å². The highest BCUT2D eigenvalue weighted by molar-refractivity contribution is 7.89. The van der Waals surface area contributed by atoms with Gasteiger partial charge >= 0.3 is 0 Å². The number of sulfonamides is 1. The molecule has 3 rings (SSSR count). The van der Waals surface area contributed by atoms with Crippen LogP contribution < -0.4 is 9.64 Å². The van der Waals surface area contributed by atoms with E-state index >= 15 is 0 Å². The van der Waals surface area contributed by atoms with Gasteiger partial charge < -0.3 is 14.5 Å². The van der Waals surface area contributed by atoms with Crippen LogP contribution in [0.25, 0.3) is 0 Å². The van der Waals surface area contributed by atoms with Crippen LogP contribution >= 0.6 is 0 Å². The molecule has 0 radical (unpaired) electrons. The van der Waals surface area contributed by atoms with Crippen LogP contribution in [-0.2, 0) is 14.9 Å². The molecule has 0 spiro atoms. The molecule has 2 aromatic carbocycles. The second kappa shape index (κ2) is 9.46. The van der Waals surface area contributed by atoms with E-state index in [4.69, 9.17) is 9.57 Å². The maximum Gasteiger partial charge on any atom is 0.264 e. The fourth-order valence-corrected chi connectivity index (χ4v) is 4.34. The van der Waals surface area contributed by atoms with Crippen molar-refractivity contribution in [1.29, 1.82) is 0 Å². The van der Waals surface area contributed by atoms with Gasteiger partial charge in [0.1, 0.15) is 5.75 Å². The molecule has 1 heterocycles. The molecule has 8 nitrogen and oxygen atoms in total. The molecule has 0 unspecified atom stereocenters. The van der Waals surface area contributed by atoms with Crippen LogP contribution in [0.1, 0.15) is 16.8 Å². The molecule has 162 valence electrons. The van der Waals surface area contributed by atoms with Crippen molar-refractivity contribution in [2.45, 2.75) is 11.3 Å². The molecular weight excluding hydrogens is 406 g/mol. The molecule has 0 N–H and O–H groups in total. The number of carbonyl (C=O) groups is 1. The van der Waals surface area contributed by atoms with E-state index in [0.717, 1.165) is 35.4 Å². The topological polar surface area (TPSA) is 79.4 Å². The number of benzene rings is 2. The Balaban J connectivity index is 1.67. The quantitative estimate of drug-likeness (QED) is 0.650. The van der Waals surface area contributed by atoms with Gasteiger partial charge in [0.05, 0.1) is 19.1 Å². The number of amides is 1. The largest absolute Gasteiger partial charge is 0.497 e. The number of anilines is 1. The minimum atomic E-state index is -3.73. The van der Waals surface area contributed by atoms with Gasteiger partial charge in [-0.15, -0.1) is 0 Å². The lowest BCUT2D eigenvalue weighted by Crippen LogP contribution is -2.35. The highest BCUT2D eigenvalue weighted by Gasteiger charge is 2.23. The van der Waals surface area contributed by atoms with Crippen molar-refractivity contribution in [1.82, 2.24) is 9.37 Å². The number of hydrogen-bond donors (Lipinski definition) is 0. The van der Waals surface area contributed by atoms with Crippen molar-refractivity contribution in [3.05, 3.63) is 54.1 Å². The van der Waals surface area contributed by atoms with Gasteiger partial charge in [-0.2, -0.15) is 0 Å². The molecule has 0 aliphatic carbocycles. The Hall–Kier alpha value is -2.62. The normalized spacial score (nSPS) is 15.2. The fraction of sp³-hybridized carbons (Fsp3) is 0.381. The summed E-state index contributed by atoms with van der Waals surface area (Å²) in [6.07, 6.45) is 0.850. The lowest BCUT2D eigenvalue weighted by Gasteiger charge is -2.24. The van der Waals surface area contributed by atoms with E-state index < -0.39 is 10.0 Å². The lowest BCUT2D eigenvalue weighted by molar-refractivity contribution is -0.0258. The Kier molecular flexibility index (Phi) is 6.96. The Morgan fingerprint density at radius 2 is 1.60 bits per heavy atom. The summed E-state index contributed by atoms with van der Waals surface area (Å²) in [5, 5.41) is 0. The number of rotatable bonds is 6. The summed E-state index contributed by atoms with van der Waals surface area (Å²) in [6, 6.07) is 13.9. The summed E-state index contributed by atoms with van der Waals surface area (Å²) < 4.78 is 30.6. The zero-order valence-corrected chi connectivity index (χ0v) is 18.3.